The highest BCUT2D eigenvalue weighted by Crippen LogP contribution is 2.34. The summed E-state index contributed by atoms with van der Waals surface area (Å²) in [4.78, 5) is 0. The average molecular weight is 291 g/mol. The van der Waals surface area contributed by atoms with Gasteiger partial charge in [0.2, 0.25) is 0 Å². The topological polar surface area (TPSA) is 9.23 Å². The maximum absolute atomic E-state index is 12.1. The molecule has 16 heavy (non-hydrogen) atoms. The van der Waals surface area contributed by atoms with Crippen molar-refractivity contribution in [1.29, 1.82) is 0 Å². The monoisotopic (exact) mass is 290 g/mol. The van der Waals surface area contributed by atoms with E-state index in [9.17, 15) is 13.2 Å². The Morgan fingerprint density at radius 1 is 0.938 bits per heavy atom. The molecule has 0 bridgehead atoms. The summed E-state index contributed by atoms with van der Waals surface area (Å²) < 4.78 is 41.1. The van der Waals surface area contributed by atoms with Gasteiger partial charge in [0.25, 0.3) is 0 Å². The largest absolute Gasteiger partial charge is 0.573 e. The number of fused-ring (bicyclic) bond motifs is 1. The zero-order valence-electron chi connectivity index (χ0n) is 7.88. The highest BCUT2D eigenvalue weighted by molar-refractivity contribution is 9.10. The van der Waals surface area contributed by atoms with Gasteiger partial charge in [-0.25, -0.2) is 0 Å². The molecular formula is C11H6BrF3O. The van der Waals surface area contributed by atoms with Crippen molar-refractivity contribution in [2.24, 2.45) is 0 Å². The highest BCUT2D eigenvalue weighted by atomic mass is 79.9. The van der Waals surface area contributed by atoms with Gasteiger partial charge in [0, 0.05) is 9.86 Å². The molecule has 0 spiro atoms. The fourth-order valence-corrected chi connectivity index (χ4v) is 1.93. The molecule has 0 aliphatic rings. The van der Waals surface area contributed by atoms with E-state index in [-0.39, 0.29) is 5.75 Å². The van der Waals surface area contributed by atoms with Crippen molar-refractivity contribution in [3.05, 3.63) is 40.9 Å². The minimum absolute atomic E-state index is 0.189. The van der Waals surface area contributed by atoms with E-state index in [0.29, 0.717) is 10.8 Å². The molecule has 0 aliphatic heterocycles. The molecule has 0 atom stereocenters. The first-order valence-corrected chi connectivity index (χ1v) is 5.20. The number of alkyl halides is 3. The Morgan fingerprint density at radius 2 is 1.56 bits per heavy atom. The van der Waals surface area contributed by atoms with Crippen LogP contribution in [0.15, 0.2) is 40.9 Å². The zero-order valence-corrected chi connectivity index (χ0v) is 9.47. The van der Waals surface area contributed by atoms with Crippen molar-refractivity contribution in [1.82, 2.24) is 0 Å². The molecule has 2 rings (SSSR count). The first-order chi connectivity index (χ1) is 7.47. The number of hydrogen-bond acceptors (Lipinski definition) is 1. The molecule has 0 heterocycles. The maximum Gasteiger partial charge on any atom is 0.573 e. The summed E-state index contributed by atoms with van der Waals surface area (Å²) in [6.45, 7) is 0. The molecule has 0 amide bonds. The van der Waals surface area contributed by atoms with E-state index < -0.39 is 6.36 Å². The Labute approximate surface area is 98.0 Å². The molecule has 0 aromatic heterocycles. The van der Waals surface area contributed by atoms with Crippen LogP contribution in [-0.4, -0.2) is 6.36 Å². The number of hydrogen-bond donors (Lipinski definition) is 0. The van der Waals surface area contributed by atoms with Crippen LogP contribution >= 0.6 is 15.9 Å². The summed E-state index contributed by atoms with van der Waals surface area (Å²) in [6, 6.07) is 9.55. The first kappa shape index (κ1) is 11.3. The van der Waals surface area contributed by atoms with E-state index in [4.69, 9.17) is 0 Å². The number of rotatable bonds is 1. The zero-order chi connectivity index (χ0) is 11.8. The molecule has 2 aromatic rings. The van der Waals surface area contributed by atoms with E-state index in [1.807, 2.05) is 0 Å². The van der Waals surface area contributed by atoms with Crippen molar-refractivity contribution >= 4 is 26.7 Å². The summed E-state index contributed by atoms with van der Waals surface area (Å²) in [5.74, 6) is -0.189. The van der Waals surface area contributed by atoms with Gasteiger partial charge in [-0.1, -0.05) is 40.2 Å². The van der Waals surface area contributed by atoms with Gasteiger partial charge in [-0.3, -0.25) is 0 Å². The van der Waals surface area contributed by atoms with Gasteiger partial charge in [0.1, 0.15) is 5.75 Å². The third-order valence-corrected chi connectivity index (χ3v) is 2.75. The third kappa shape index (κ3) is 2.29. The fraction of sp³-hybridized carbons (Fsp3) is 0.0909. The molecule has 0 unspecified atom stereocenters. The Balaban J connectivity index is 2.59. The summed E-state index contributed by atoms with van der Waals surface area (Å²) >= 11 is 3.27. The van der Waals surface area contributed by atoms with Crippen LogP contribution in [0.4, 0.5) is 13.2 Å². The lowest BCUT2D eigenvalue weighted by Gasteiger charge is -2.11. The predicted octanol–water partition coefficient (Wildman–Crippen LogP) is 4.50. The van der Waals surface area contributed by atoms with E-state index in [1.54, 1.807) is 24.3 Å². The minimum Gasteiger partial charge on any atom is -0.405 e. The molecule has 0 saturated heterocycles. The molecule has 84 valence electrons. The lowest BCUT2D eigenvalue weighted by molar-refractivity contribution is -0.274. The molecule has 5 heteroatoms. The van der Waals surface area contributed by atoms with Crippen LogP contribution in [0.25, 0.3) is 10.8 Å². The van der Waals surface area contributed by atoms with Crippen LogP contribution in [0.5, 0.6) is 5.75 Å². The molecule has 0 aliphatic carbocycles. The third-order valence-electron chi connectivity index (χ3n) is 2.06. The van der Waals surface area contributed by atoms with Gasteiger partial charge < -0.3 is 4.74 Å². The smallest absolute Gasteiger partial charge is 0.405 e. The van der Waals surface area contributed by atoms with Crippen LogP contribution < -0.4 is 4.74 Å². The molecule has 0 fully saturated rings. The van der Waals surface area contributed by atoms with Crippen molar-refractivity contribution < 1.29 is 17.9 Å². The second-order valence-corrected chi connectivity index (χ2v) is 3.99. The van der Waals surface area contributed by atoms with Crippen molar-refractivity contribution in [3.8, 4) is 5.75 Å². The van der Waals surface area contributed by atoms with Crippen molar-refractivity contribution in [2.45, 2.75) is 6.36 Å². The van der Waals surface area contributed by atoms with Crippen molar-refractivity contribution in [3.63, 3.8) is 0 Å². The quantitative estimate of drug-likeness (QED) is 0.751. The van der Waals surface area contributed by atoms with Crippen LogP contribution in [0.2, 0.25) is 0 Å². The van der Waals surface area contributed by atoms with Gasteiger partial charge in [0.05, 0.1) is 0 Å². The molecule has 0 saturated carbocycles. The lowest BCUT2D eigenvalue weighted by atomic mass is 10.1. The Hall–Kier alpha value is -1.23. The first-order valence-electron chi connectivity index (χ1n) is 4.40. The number of ether oxygens (including phenoxy) is 1. The summed E-state index contributed by atoms with van der Waals surface area (Å²) in [6.07, 6.45) is -4.67. The van der Waals surface area contributed by atoms with E-state index in [1.165, 1.54) is 12.1 Å². The van der Waals surface area contributed by atoms with Crippen LogP contribution in [0.1, 0.15) is 0 Å². The summed E-state index contributed by atoms with van der Waals surface area (Å²) in [7, 11) is 0. The Kier molecular flexibility index (Phi) is 2.80. The van der Waals surface area contributed by atoms with Gasteiger partial charge >= 0.3 is 6.36 Å². The van der Waals surface area contributed by atoms with Gasteiger partial charge in [-0.2, -0.15) is 0 Å². The van der Waals surface area contributed by atoms with Gasteiger partial charge in [-0.15, -0.1) is 13.2 Å². The lowest BCUT2D eigenvalue weighted by Crippen LogP contribution is -2.17. The van der Waals surface area contributed by atoms with Gasteiger partial charge in [0.15, 0.2) is 0 Å². The number of benzene rings is 2. The maximum atomic E-state index is 12.1. The van der Waals surface area contributed by atoms with Gasteiger partial charge in [-0.05, 0) is 17.5 Å². The molecular weight excluding hydrogens is 285 g/mol. The number of halogens is 4. The standard InChI is InChI=1S/C11H6BrF3O/c12-9-5-6-10(16-11(13,14)15)8-4-2-1-3-7(8)9/h1-6H. The van der Waals surface area contributed by atoms with E-state index in [0.717, 1.165) is 4.47 Å². The predicted molar refractivity (Wildman–Crippen MR) is 58.3 cm³/mol. The van der Waals surface area contributed by atoms with Crippen molar-refractivity contribution in [2.75, 3.05) is 0 Å². The minimum atomic E-state index is -4.67. The molecule has 0 N–H and O–H groups in total. The fourth-order valence-electron chi connectivity index (χ4n) is 1.45. The van der Waals surface area contributed by atoms with Crippen LogP contribution in [-0.2, 0) is 0 Å². The molecule has 1 nitrogen and oxygen atoms in total. The second kappa shape index (κ2) is 3.97. The Bertz CT molecular complexity index is 522. The summed E-state index contributed by atoms with van der Waals surface area (Å²) in [5, 5.41) is 1.11. The van der Waals surface area contributed by atoms with E-state index >= 15 is 0 Å². The van der Waals surface area contributed by atoms with Crippen LogP contribution in [0.3, 0.4) is 0 Å². The summed E-state index contributed by atoms with van der Waals surface area (Å²) in [5.41, 5.74) is 0. The second-order valence-electron chi connectivity index (χ2n) is 3.14. The molecule has 0 radical (unpaired) electrons. The Morgan fingerprint density at radius 3 is 2.19 bits per heavy atom. The highest BCUT2D eigenvalue weighted by Gasteiger charge is 2.31. The average Bonchev–Trinajstić information content (AvgIpc) is 2.21. The van der Waals surface area contributed by atoms with Crippen LogP contribution in [0, 0.1) is 0 Å². The molecule has 2 aromatic carbocycles. The normalized spacial score (nSPS) is 11.8. The van der Waals surface area contributed by atoms with E-state index in [2.05, 4.69) is 20.7 Å². The SMILES string of the molecule is FC(F)(F)Oc1ccc(Br)c2ccccc12.